The minimum absolute atomic E-state index is 0.221. The molecule has 4 nitrogen and oxygen atoms in total. The van der Waals surface area contributed by atoms with E-state index < -0.39 is 0 Å². The van der Waals surface area contributed by atoms with Crippen molar-refractivity contribution < 1.29 is 5.10 Å². The van der Waals surface area contributed by atoms with Crippen LogP contribution in [0.15, 0.2) is 35.1 Å². The first-order valence-electron chi connectivity index (χ1n) is 9.17. The van der Waals surface area contributed by atoms with E-state index in [0.29, 0.717) is 6.04 Å². The highest BCUT2D eigenvalue weighted by Crippen LogP contribution is 2.27. The van der Waals surface area contributed by atoms with Gasteiger partial charge in [-0.1, -0.05) is 18.2 Å². The third kappa shape index (κ3) is 2.80. The normalized spacial score (nSPS) is 19.2. The number of nitrogens with one attached hydrogen (secondary N) is 1. The summed E-state index contributed by atoms with van der Waals surface area (Å²) in [6.07, 6.45) is 6.33. The van der Waals surface area contributed by atoms with E-state index in [-0.39, 0.29) is 5.56 Å². The van der Waals surface area contributed by atoms with Crippen molar-refractivity contribution in [3.8, 4) is 11.3 Å². The van der Waals surface area contributed by atoms with Crippen LogP contribution in [0.3, 0.4) is 0 Å². The molecule has 24 heavy (non-hydrogen) atoms. The van der Waals surface area contributed by atoms with Gasteiger partial charge >= 0.3 is 5.56 Å². The zero-order chi connectivity index (χ0) is 16.5. The number of aromatic amines is 1. The zero-order valence-electron chi connectivity index (χ0n) is 14.4. The number of likely N-dealkylation sites (tertiary alicyclic amines) is 1. The van der Waals surface area contributed by atoms with Crippen LogP contribution in [-0.4, -0.2) is 29.7 Å². The van der Waals surface area contributed by atoms with E-state index in [1.807, 2.05) is 10.7 Å². The lowest BCUT2D eigenvalue weighted by Gasteiger charge is -2.28. The van der Waals surface area contributed by atoms with E-state index in [2.05, 4.69) is 41.3 Å². The smallest absolute Gasteiger partial charge is 0.304 e. The Balaban J connectivity index is 1.84. The molecule has 126 valence electrons. The molecule has 1 aliphatic carbocycles. The average molecular weight is 324 g/mol. The lowest BCUT2D eigenvalue weighted by atomic mass is 9.89. The maximum atomic E-state index is 13.1. The predicted molar refractivity (Wildman–Crippen MR) is 95.1 cm³/mol. The summed E-state index contributed by atoms with van der Waals surface area (Å²) in [6.45, 7) is 2.12. The number of hydrogen-bond donors (Lipinski definition) is 0. The van der Waals surface area contributed by atoms with E-state index in [1.54, 1.807) is 0 Å². The van der Waals surface area contributed by atoms with Gasteiger partial charge in [-0.15, -0.1) is 9.78 Å². The molecule has 0 amide bonds. The molecule has 2 aliphatic rings. The monoisotopic (exact) mass is 324 g/mol. The number of piperidine rings is 1. The number of benzene rings is 1. The summed E-state index contributed by atoms with van der Waals surface area (Å²) < 4.78 is 1.94. The molecule has 2 heterocycles. The lowest BCUT2D eigenvalue weighted by molar-refractivity contribution is -0.494. The van der Waals surface area contributed by atoms with Crippen molar-refractivity contribution in [1.29, 1.82) is 0 Å². The van der Waals surface area contributed by atoms with E-state index >= 15 is 0 Å². The summed E-state index contributed by atoms with van der Waals surface area (Å²) in [5, 5.41) is 3.53. The van der Waals surface area contributed by atoms with Crippen molar-refractivity contribution in [3.63, 3.8) is 0 Å². The molecule has 0 saturated carbocycles. The van der Waals surface area contributed by atoms with Crippen LogP contribution < -0.4 is 10.7 Å². The molecular weight excluding hydrogens is 298 g/mol. The maximum absolute atomic E-state index is 13.1. The Labute approximate surface area is 143 Å². The largest absolute Gasteiger partial charge is 0.306 e. The summed E-state index contributed by atoms with van der Waals surface area (Å²) in [7, 11) is 2.16. The van der Waals surface area contributed by atoms with Gasteiger partial charge in [0.25, 0.3) is 0 Å². The summed E-state index contributed by atoms with van der Waals surface area (Å²) in [4.78, 5) is 15.4. The van der Waals surface area contributed by atoms with Gasteiger partial charge in [0.15, 0.2) is 0 Å². The minimum Gasteiger partial charge on any atom is -0.306 e. The van der Waals surface area contributed by atoms with Crippen LogP contribution in [0.4, 0.5) is 0 Å². The Kier molecular flexibility index (Phi) is 4.23. The standard InChI is InChI=1S/C20H25N3O/c1-22-13-11-16(12-14-22)23-20(24)18-10-6-5-9-17(18)19(21-23)15-7-3-2-4-8-15/h2-4,7-8,16H,5-6,9-14H2,1H3/p+1. The number of nitrogens with zero attached hydrogens (tertiary/aromatic N) is 2. The van der Waals surface area contributed by atoms with Gasteiger partial charge < -0.3 is 4.90 Å². The maximum Gasteiger partial charge on any atom is 0.304 e. The van der Waals surface area contributed by atoms with Crippen molar-refractivity contribution in [2.24, 2.45) is 0 Å². The molecule has 1 N–H and O–H groups in total. The second kappa shape index (κ2) is 6.52. The first kappa shape index (κ1) is 15.6. The summed E-state index contributed by atoms with van der Waals surface area (Å²) in [6, 6.07) is 10.8. The van der Waals surface area contributed by atoms with Gasteiger partial charge in [-0.3, -0.25) is 4.79 Å². The van der Waals surface area contributed by atoms with Crippen molar-refractivity contribution in [3.05, 3.63) is 51.8 Å². The van der Waals surface area contributed by atoms with Gasteiger partial charge in [-0.25, -0.2) is 0 Å². The van der Waals surface area contributed by atoms with E-state index in [1.165, 1.54) is 17.5 Å². The van der Waals surface area contributed by atoms with Gasteiger partial charge in [0.05, 0.1) is 6.04 Å². The highest BCUT2D eigenvalue weighted by molar-refractivity contribution is 5.61. The molecule has 0 atom stereocenters. The van der Waals surface area contributed by atoms with Gasteiger partial charge in [-0.2, -0.15) is 0 Å². The summed E-state index contributed by atoms with van der Waals surface area (Å²) in [5.41, 5.74) is 4.87. The summed E-state index contributed by atoms with van der Waals surface area (Å²) in [5.74, 6) is 0. The first-order valence-corrected chi connectivity index (χ1v) is 9.17. The number of rotatable bonds is 2. The molecule has 1 aromatic heterocycles. The van der Waals surface area contributed by atoms with Gasteiger partial charge in [-0.05, 0) is 57.7 Å². The molecule has 2 aromatic rings. The van der Waals surface area contributed by atoms with Crippen molar-refractivity contribution in [2.45, 2.75) is 44.6 Å². The highest BCUT2D eigenvalue weighted by atomic mass is 16.1. The Hall–Kier alpha value is -1.94. The molecule has 0 spiro atoms. The SMILES string of the molecule is CN1CCC(n2[nH+]c(-c3ccccc3)c3c(c2=O)CCCC3)CC1. The quantitative estimate of drug-likeness (QED) is 0.851. The first-order chi connectivity index (χ1) is 11.7. The van der Waals surface area contributed by atoms with E-state index in [0.717, 1.165) is 56.5 Å². The molecule has 4 heteroatoms. The average Bonchev–Trinajstić information content (AvgIpc) is 2.64. The van der Waals surface area contributed by atoms with E-state index in [4.69, 9.17) is 0 Å². The Morgan fingerprint density at radius 2 is 1.67 bits per heavy atom. The van der Waals surface area contributed by atoms with Crippen LogP contribution >= 0.6 is 0 Å². The second-order valence-corrected chi connectivity index (χ2v) is 7.23. The molecule has 1 aromatic carbocycles. The fraction of sp³-hybridized carbons (Fsp3) is 0.500. The Bertz CT molecular complexity index is 773. The van der Waals surface area contributed by atoms with Crippen molar-refractivity contribution in [1.82, 2.24) is 9.58 Å². The third-order valence-corrected chi connectivity index (χ3v) is 5.59. The molecular formula is C20H26N3O+. The number of aromatic nitrogens is 2. The predicted octanol–water partition coefficient (Wildman–Crippen LogP) is 2.47. The zero-order valence-corrected chi connectivity index (χ0v) is 14.4. The van der Waals surface area contributed by atoms with Crippen LogP contribution in [0.1, 0.15) is 42.9 Å². The number of H-pyrrole nitrogens is 1. The minimum atomic E-state index is 0.221. The van der Waals surface area contributed by atoms with Gasteiger partial charge in [0.1, 0.15) is 0 Å². The number of hydrogen-bond acceptors (Lipinski definition) is 2. The van der Waals surface area contributed by atoms with Crippen LogP contribution in [0.5, 0.6) is 0 Å². The Morgan fingerprint density at radius 1 is 1.00 bits per heavy atom. The fourth-order valence-corrected chi connectivity index (χ4v) is 4.16. The molecule has 1 aliphatic heterocycles. The number of fused-ring (bicyclic) bond motifs is 1. The topological polar surface area (TPSA) is 39.4 Å². The highest BCUT2D eigenvalue weighted by Gasteiger charge is 2.30. The van der Waals surface area contributed by atoms with Crippen LogP contribution in [0, 0.1) is 0 Å². The third-order valence-electron chi connectivity index (χ3n) is 5.59. The van der Waals surface area contributed by atoms with Gasteiger partial charge in [0.2, 0.25) is 5.69 Å². The Morgan fingerprint density at radius 3 is 2.38 bits per heavy atom. The summed E-state index contributed by atoms with van der Waals surface area (Å²) >= 11 is 0. The molecule has 1 fully saturated rings. The molecule has 0 bridgehead atoms. The van der Waals surface area contributed by atoms with Crippen LogP contribution in [-0.2, 0) is 12.8 Å². The van der Waals surface area contributed by atoms with Crippen LogP contribution in [0.2, 0.25) is 0 Å². The molecule has 0 unspecified atom stereocenters. The second-order valence-electron chi connectivity index (χ2n) is 7.23. The van der Waals surface area contributed by atoms with Crippen LogP contribution in [0.25, 0.3) is 11.3 Å². The molecule has 0 radical (unpaired) electrons. The molecule has 4 rings (SSSR count). The van der Waals surface area contributed by atoms with Gasteiger partial charge in [0, 0.05) is 29.8 Å². The van der Waals surface area contributed by atoms with Crippen molar-refractivity contribution >= 4 is 0 Å². The van der Waals surface area contributed by atoms with E-state index in [9.17, 15) is 4.79 Å². The fourth-order valence-electron chi connectivity index (χ4n) is 4.16. The lowest BCUT2D eigenvalue weighted by Crippen LogP contribution is -2.46. The van der Waals surface area contributed by atoms with Crippen molar-refractivity contribution in [2.75, 3.05) is 20.1 Å². The molecule has 1 saturated heterocycles.